The van der Waals surface area contributed by atoms with Gasteiger partial charge in [-0.1, -0.05) is 138 Å². The Morgan fingerprint density at radius 3 is 2.06 bits per heavy atom. The van der Waals surface area contributed by atoms with Gasteiger partial charge in [-0.3, -0.25) is 29.4 Å². The molecule has 15 nitrogen and oxygen atoms in total. The Labute approximate surface area is 474 Å². The van der Waals surface area contributed by atoms with Gasteiger partial charge in [0.2, 0.25) is 23.6 Å². The second-order valence-corrected chi connectivity index (χ2v) is 24.8. The number of methoxy groups -OCH3 is 2. The van der Waals surface area contributed by atoms with Crippen LogP contribution in [0.3, 0.4) is 0 Å². The topological polar surface area (TPSA) is 172 Å². The maximum absolute atomic E-state index is 14.7. The van der Waals surface area contributed by atoms with Crippen LogP contribution in [0.2, 0.25) is 0 Å². The van der Waals surface area contributed by atoms with Gasteiger partial charge in [0.05, 0.1) is 48.7 Å². The summed E-state index contributed by atoms with van der Waals surface area (Å²) in [6.07, 6.45) is 6.81. The number of thiazole rings is 1. The standard InChI is InChI=1S/C53H81N7O8S.C9H20/c1-15-35(6)46(59(12)51(64)44(33(2)3)57-49(63)45(34(4)5)58(11)32-38-23-19-24-39(29-38)55-52(65)68-53(8,9)10)42(66-13)31-43(61)60-27-20-25-41(60)47(67-14)36(7)48(62)56-40(50-54-26-28-69-50)30-37-21-17-16-18-22-37;1-5-6-9(4)7-8(2)3/h16-19,21-24,26,28-29,33-36,40-42,44-47H,15,20,25,27,30-32H2,1-14H3,(H,55,65)(H,56,62)(H,57,63);8-9H,5-7H2,1-4H3/t35?,36?,40?,41?,42?,44-,45?,46?,47?;/m0./s1. The molecule has 4 rings (SSSR count). The van der Waals surface area contributed by atoms with Crippen molar-refractivity contribution in [3.05, 3.63) is 82.3 Å². The van der Waals surface area contributed by atoms with Crippen LogP contribution in [-0.2, 0) is 46.4 Å². The number of nitrogens with zero attached hydrogens (tertiary/aromatic N) is 4. The van der Waals surface area contributed by atoms with Crippen molar-refractivity contribution >= 4 is 46.7 Å². The first-order chi connectivity index (χ1) is 36.8. The molecular formula is C62H101N7O8S. The number of ether oxygens (including phenoxy) is 3. The molecule has 10 atom stereocenters. The monoisotopic (exact) mass is 1100 g/mol. The van der Waals surface area contributed by atoms with Crippen molar-refractivity contribution < 1.29 is 38.2 Å². The van der Waals surface area contributed by atoms with E-state index in [1.807, 2.05) is 119 Å². The van der Waals surface area contributed by atoms with E-state index in [1.165, 1.54) is 30.6 Å². The van der Waals surface area contributed by atoms with Gasteiger partial charge < -0.3 is 34.6 Å². The fourth-order valence-electron chi connectivity index (χ4n) is 11.0. The third kappa shape index (κ3) is 21.3. The number of anilines is 1. The third-order valence-corrected chi connectivity index (χ3v) is 15.8. The van der Waals surface area contributed by atoms with Crippen LogP contribution >= 0.6 is 11.3 Å². The number of amides is 5. The normalized spacial score (nSPS) is 17.3. The number of aromatic nitrogens is 1. The minimum Gasteiger partial charge on any atom is -0.444 e. The zero-order valence-corrected chi connectivity index (χ0v) is 51.7. The summed E-state index contributed by atoms with van der Waals surface area (Å²) in [4.78, 5) is 80.0. The summed E-state index contributed by atoms with van der Waals surface area (Å²) in [5.74, 6) is -0.0702. The Kier molecular flexibility index (Phi) is 28.5. The highest BCUT2D eigenvalue weighted by Crippen LogP contribution is 2.31. The van der Waals surface area contributed by atoms with E-state index in [-0.39, 0.29) is 59.9 Å². The minimum absolute atomic E-state index is 0.00719. The highest BCUT2D eigenvalue weighted by Gasteiger charge is 2.43. The number of hydrogen-bond acceptors (Lipinski definition) is 11. The van der Waals surface area contributed by atoms with E-state index in [1.54, 1.807) is 59.2 Å². The number of rotatable bonds is 28. The molecule has 3 aromatic rings. The van der Waals surface area contributed by atoms with E-state index >= 15 is 0 Å². The number of carbonyl (C=O) groups excluding carboxylic acids is 5. The molecule has 1 fully saturated rings. The van der Waals surface area contributed by atoms with Crippen LogP contribution in [-0.4, -0.2) is 126 Å². The molecule has 438 valence electrons. The average molecular weight is 1100 g/mol. The molecule has 16 heteroatoms. The molecule has 1 aliphatic heterocycles. The smallest absolute Gasteiger partial charge is 0.412 e. The summed E-state index contributed by atoms with van der Waals surface area (Å²) < 4.78 is 17.6. The van der Waals surface area contributed by atoms with E-state index < -0.39 is 47.9 Å². The van der Waals surface area contributed by atoms with E-state index in [0.717, 1.165) is 34.4 Å². The van der Waals surface area contributed by atoms with Crippen LogP contribution in [0.1, 0.15) is 164 Å². The summed E-state index contributed by atoms with van der Waals surface area (Å²) in [5, 5.41) is 11.9. The largest absolute Gasteiger partial charge is 0.444 e. The molecule has 0 radical (unpaired) electrons. The molecule has 2 aromatic carbocycles. The van der Waals surface area contributed by atoms with Crippen LogP contribution in [0, 0.1) is 35.5 Å². The van der Waals surface area contributed by atoms with E-state index in [4.69, 9.17) is 14.2 Å². The van der Waals surface area contributed by atoms with Gasteiger partial charge in [-0.05, 0) is 106 Å². The zero-order valence-electron chi connectivity index (χ0n) is 50.9. The highest BCUT2D eigenvalue weighted by atomic mass is 32.1. The quantitative estimate of drug-likeness (QED) is 0.0635. The van der Waals surface area contributed by atoms with Gasteiger partial charge >= 0.3 is 6.09 Å². The second kappa shape index (κ2) is 33.0. The fourth-order valence-corrected chi connectivity index (χ4v) is 11.7. The molecule has 1 aliphatic rings. The minimum atomic E-state index is -0.862. The van der Waals surface area contributed by atoms with Crippen LogP contribution in [0.4, 0.5) is 10.5 Å². The lowest BCUT2D eigenvalue weighted by Gasteiger charge is -2.41. The summed E-state index contributed by atoms with van der Waals surface area (Å²) in [5.41, 5.74) is 1.89. The molecular weight excluding hydrogens is 1000 g/mol. The van der Waals surface area contributed by atoms with Gasteiger partial charge in [0.25, 0.3) is 0 Å². The predicted octanol–water partition coefficient (Wildman–Crippen LogP) is 11.6. The maximum atomic E-state index is 14.7. The first kappa shape index (κ1) is 67.4. The van der Waals surface area contributed by atoms with E-state index in [2.05, 4.69) is 48.6 Å². The van der Waals surface area contributed by atoms with Gasteiger partial charge in [0.1, 0.15) is 16.7 Å². The average Bonchev–Trinajstić information content (AvgIpc) is 4.09. The molecule has 0 bridgehead atoms. The number of benzene rings is 2. The Balaban J connectivity index is 0.00000162. The fraction of sp³-hybridized carbons (Fsp3) is 0.677. The van der Waals surface area contributed by atoms with Crippen molar-refractivity contribution in [1.29, 1.82) is 0 Å². The van der Waals surface area contributed by atoms with Crippen LogP contribution in [0.15, 0.2) is 66.2 Å². The van der Waals surface area contributed by atoms with Crippen LogP contribution in [0.25, 0.3) is 0 Å². The second-order valence-electron chi connectivity index (χ2n) is 23.9. The zero-order chi connectivity index (χ0) is 58.4. The van der Waals surface area contributed by atoms with Crippen LogP contribution < -0.4 is 16.0 Å². The number of carbonyl (C=O) groups is 5. The molecule has 1 aromatic heterocycles. The summed E-state index contributed by atoms with van der Waals surface area (Å²) in [7, 11) is 6.77. The lowest BCUT2D eigenvalue weighted by Crippen LogP contribution is -2.60. The first-order valence-corrected chi connectivity index (χ1v) is 29.6. The van der Waals surface area contributed by atoms with Gasteiger partial charge in [0, 0.05) is 51.6 Å². The predicted molar refractivity (Wildman–Crippen MR) is 316 cm³/mol. The Hall–Kier alpha value is -4.90. The number of nitrogens with one attached hydrogen (secondary N) is 3. The van der Waals surface area contributed by atoms with Gasteiger partial charge in [-0.2, -0.15) is 0 Å². The molecule has 9 unspecified atom stereocenters. The molecule has 1 saturated heterocycles. The Morgan fingerprint density at radius 2 is 1.51 bits per heavy atom. The molecule has 0 spiro atoms. The van der Waals surface area contributed by atoms with Crippen molar-refractivity contribution in [2.24, 2.45) is 35.5 Å². The van der Waals surface area contributed by atoms with Gasteiger partial charge in [-0.25, -0.2) is 9.78 Å². The molecule has 0 saturated carbocycles. The van der Waals surface area contributed by atoms with Crippen molar-refractivity contribution in [1.82, 2.24) is 30.3 Å². The van der Waals surface area contributed by atoms with Crippen molar-refractivity contribution in [2.75, 3.05) is 40.2 Å². The van der Waals surface area contributed by atoms with Crippen LogP contribution in [0.5, 0.6) is 0 Å². The molecule has 78 heavy (non-hydrogen) atoms. The number of hydrogen-bond donors (Lipinski definition) is 3. The Morgan fingerprint density at radius 1 is 0.846 bits per heavy atom. The summed E-state index contributed by atoms with van der Waals surface area (Å²) in [6.45, 7) is 29.2. The molecule has 5 amide bonds. The van der Waals surface area contributed by atoms with Crippen molar-refractivity contribution in [3.8, 4) is 0 Å². The number of likely N-dealkylation sites (N-methyl/N-ethyl adjacent to an activating group) is 2. The molecule has 2 heterocycles. The van der Waals surface area contributed by atoms with Gasteiger partial charge in [0.15, 0.2) is 0 Å². The van der Waals surface area contributed by atoms with Gasteiger partial charge in [-0.15, -0.1) is 11.3 Å². The third-order valence-electron chi connectivity index (χ3n) is 14.9. The van der Waals surface area contributed by atoms with Crippen molar-refractivity contribution in [2.45, 2.75) is 203 Å². The van der Waals surface area contributed by atoms with E-state index in [9.17, 15) is 24.0 Å². The maximum Gasteiger partial charge on any atom is 0.412 e. The highest BCUT2D eigenvalue weighted by molar-refractivity contribution is 7.09. The SMILES string of the molecule is CCC(C)C(C(CC(=O)N1CCCC1C(OC)C(C)C(=O)NC(Cc1ccccc1)c1nccs1)OC)N(C)C(=O)[C@@H](NC(=O)C(C(C)C)N(C)Cc1cccc(NC(=O)OC(C)(C)C)c1)C(C)C.CCCC(C)CC(C)C. The van der Waals surface area contributed by atoms with Crippen molar-refractivity contribution in [3.63, 3.8) is 0 Å². The lowest BCUT2D eigenvalue weighted by atomic mass is 9.89. The number of likely N-dealkylation sites (tertiary alicyclic amines) is 1. The summed E-state index contributed by atoms with van der Waals surface area (Å²) >= 11 is 1.50. The first-order valence-electron chi connectivity index (χ1n) is 28.7. The lowest BCUT2D eigenvalue weighted by molar-refractivity contribution is -0.148. The molecule has 0 aliphatic carbocycles. The van der Waals surface area contributed by atoms with E-state index in [0.29, 0.717) is 38.0 Å². The summed E-state index contributed by atoms with van der Waals surface area (Å²) in [6, 6.07) is 14.8. The Bertz CT molecular complexity index is 2260. The molecule has 3 N–H and O–H groups in total.